The van der Waals surface area contributed by atoms with Gasteiger partial charge in [-0.1, -0.05) is 29.7 Å². The molecule has 1 aromatic carbocycles. The normalized spacial score (nSPS) is 18.7. The zero-order chi connectivity index (χ0) is 13.2. The second-order valence-electron chi connectivity index (χ2n) is 5.07. The topological polar surface area (TPSA) is 29.5 Å². The number of hydrogen-bond donors (Lipinski definition) is 0. The van der Waals surface area contributed by atoms with Crippen LogP contribution in [0.2, 0.25) is 0 Å². The van der Waals surface area contributed by atoms with Crippen LogP contribution in [-0.4, -0.2) is 44.5 Å². The van der Waals surface area contributed by atoms with Gasteiger partial charge in [0.2, 0.25) is 0 Å². The molecule has 0 atom stereocenters. The summed E-state index contributed by atoms with van der Waals surface area (Å²) in [7, 11) is 7.35. The van der Waals surface area contributed by atoms with Crippen LogP contribution >= 0.6 is 0 Å². The molecule has 1 fully saturated rings. The summed E-state index contributed by atoms with van der Waals surface area (Å²) >= 11 is 0. The highest BCUT2D eigenvalue weighted by atomic mass is 16.5. The minimum absolute atomic E-state index is 0.0770. The van der Waals surface area contributed by atoms with Gasteiger partial charge in [0.05, 0.1) is 5.60 Å². The maximum Gasteiger partial charge on any atom is 0.253 e. The van der Waals surface area contributed by atoms with Crippen molar-refractivity contribution in [1.82, 2.24) is 4.90 Å². The Bertz CT molecular complexity index is 422. The number of methoxy groups -OCH3 is 1. The van der Waals surface area contributed by atoms with Crippen molar-refractivity contribution in [1.29, 1.82) is 0 Å². The van der Waals surface area contributed by atoms with E-state index in [-0.39, 0.29) is 11.5 Å². The van der Waals surface area contributed by atoms with E-state index in [1.165, 1.54) is 0 Å². The number of amides is 1. The Morgan fingerprint density at radius 3 is 2.33 bits per heavy atom. The highest BCUT2D eigenvalue weighted by Gasteiger charge is 2.31. The van der Waals surface area contributed by atoms with Crippen molar-refractivity contribution < 1.29 is 9.53 Å². The van der Waals surface area contributed by atoms with Crippen molar-refractivity contribution in [3.05, 3.63) is 29.8 Å². The molecule has 4 heteroatoms. The van der Waals surface area contributed by atoms with E-state index in [0.29, 0.717) is 11.0 Å². The third-order valence-corrected chi connectivity index (χ3v) is 3.76. The van der Waals surface area contributed by atoms with E-state index in [9.17, 15) is 4.79 Å². The van der Waals surface area contributed by atoms with Gasteiger partial charge in [-0.3, -0.25) is 4.79 Å². The molecular formula is C14H18BNO2. The zero-order valence-corrected chi connectivity index (χ0v) is 11.0. The molecule has 1 heterocycles. The van der Waals surface area contributed by atoms with Gasteiger partial charge in [-0.15, -0.1) is 0 Å². The zero-order valence-electron chi connectivity index (χ0n) is 11.0. The number of likely N-dealkylation sites (tertiary alicyclic amines) is 1. The number of carbonyl (C=O) groups is 1. The second-order valence-corrected chi connectivity index (χ2v) is 5.07. The molecule has 0 bridgehead atoms. The summed E-state index contributed by atoms with van der Waals surface area (Å²) in [4.78, 5) is 14.1. The Morgan fingerprint density at radius 2 is 1.83 bits per heavy atom. The molecule has 0 aromatic heterocycles. The van der Waals surface area contributed by atoms with Crippen LogP contribution in [0.5, 0.6) is 0 Å². The Labute approximate surface area is 110 Å². The summed E-state index contributed by atoms with van der Waals surface area (Å²) < 4.78 is 5.47. The minimum Gasteiger partial charge on any atom is -0.378 e. The first-order valence-electron chi connectivity index (χ1n) is 6.24. The number of piperidine rings is 1. The fraction of sp³-hybridized carbons (Fsp3) is 0.500. The summed E-state index contributed by atoms with van der Waals surface area (Å²) in [6.07, 6.45) is 1.76. The minimum atomic E-state index is -0.0854. The van der Waals surface area contributed by atoms with E-state index in [4.69, 9.17) is 12.6 Å². The van der Waals surface area contributed by atoms with Crippen molar-refractivity contribution >= 4 is 19.2 Å². The van der Waals surface area contributed by atoms with E-state index < -0.39 is 0 Å². The SMILES string of the molecule is [B]c1ccc(C(=O)N2CCC(C)(OC)CC2)cc1. The average Bonchev–Trinajstić information content (AvgIpc) is 2.40. The molecule has 0 saturated carbocycles. The van der Waals surface area contributed by atoms with E-state index in [1.54, 1.807) is 31.4 Å². The largest absolute Gasteiger partial charge is 0.378 e. The average molecular weight is 243 g/mol. The predicted octanol–water partition coefficient (Wildman–Crippen LogP) is 1.12. The fourth-order valence-electron chi connectivity index (χ4n) is 2.20. The van der Waals surface area contributed by atoms with Gasteiger partial charge in [0.15, 0.2) is 0 Å². The highest BCUT2D eigenvalue weighted by molar-refractivity contribution is 6.32. The van der Waals surface area contributed by atoms with Crippen LogP contribution < -0.4 is 5.46 Å². The number of carbonyl (C=O) groups excluding carboxylic acids is 1. The molecule has 2 rings (SSSR count). The van der Waals surface area contributed by atoms with Crippen LogP contribution in [-0.2, 0) is 4.74 Å². The summed E-state index contributed by atoms with van der Waals surface area (Å²) in [5.74, 6) is 0.0770. The smallest absolute Gasteiger partial charge is 0.253 e. The van der Waals surface area contributed by atoms with Crippen LogP contribution in [0, 0.1) is 0 Å². The molecule has 1 aromatic rings. The summed E-state index contributed by atoms with van der Waals surface area (Å²) in [6, 6.07) is 7.08. The molecule has 1 amide bonds. The quantitative estimate of drug-likeness (QED) is 0.728. The first-order valence-corrected chi connectivity index (χ1v) is 6.24. The first-order chi connectivity index (χ1) is 8.54. The van der Waals surface area contributed by atoms with Crippen LogP contribution in [0.4, 0.5) is 0 Å². The summed E-state index contributed by atoms with van der Waals surface area (Å²) in [5, 5.41) is 0. The monoisotopic (exact) mass is 243 g/mol. The second kappa shape index (κ2) is 5.15. The molecular weight excluding hydrogens is 225 g/mol. The highest BCUT2D eigenvalue weighted by Crippen LogP contribution is 2.25. The van der Waals surface area contributed by atoms with Gasteiger partial charge >= 0.3 is 0 Å². The predicted molar refractivity (Wildman–Crippen MR) is 72.4 cm³/mol. The van der Waals surface area contributed by atoms with Gasteiger partial charge in [0.25, 0.3) is 5.91 Å². The van der Waals surface area contributed by atoms with Crippen LogP contribution in [0.1, 0.15) is 30.1 Å². The Morgan fingerprint density at radius 1 is 1.28 bits per heavy atom. The van der Waals surface area contributed by atoms with E-state index in [1.807, 2.05) is 4.90 Å². The van der Waals surface area contributed by atoms with Gasteiger partial charge < -0.3 is 9.64 Å². The lowest BCUT2D eigenvalue weighted by atomic mass is 9.92. The van der Waals surface area contributed by atoms with Gasteiger partial charge in [-0.2, -0.15) is 0 Å². The van der Waals surface area contributed by atoms with Crippen molar-refractivity contribution in [3.63, 3.8) is 0 Å². The Balaban J connectivity index is 2.01. The Kier molecular flexibility index (Phi) is 3.76. The van der Waals surface area contributed by atoms with Crippen LogP contribution in [0.25, 0.3) is 0 Å². The standard InChI is InChI=1S/C14H18BNO2/c1-14(18-2)7-9-16(10-8-14)13(17)11-3-5-12(15)6-4-11/h3-6H,7-10H2,1-2H3. The molecule has 0 unspecified atom stereocenters. The third-order valence-electron chi connectivity index (χ3n) is 3.76. The first kappa shape index (κ1) is 13.2. The molecule has 18 heavy (non-hydrogen) atoms. The summed E-state index contributed by atoms with van der Waals surface area (Å²) in [5.41, 5.74) is 1.29. The van der Waals surface area contributed by atoms with Crippen molar-refractivity contribution in [2.24, 2.45) is 0 Å². The van der Waals surface area contributed by atoms with E-state index in [0.717, 1.165) is 25.9 Å². The lowest BCUT2D eigenvalue weighted by Crippen LogP contribution is -2.46. The Hall–Kier alpha value is -1.29. The maximum absolute atomic E-state index is 12.3. The molecule has 1 saturated heterocycles. The number of rotatable bonds is 2. The third kappa shape index (κ3) is 2.75. The number of ether oxygens (including phenoxy) is 1. The van der Waals surface area contributed by atoms with Crippen LogP contribution in [0.15, 0.2) is 24.3 Å². The van der Waals surface area contributed by atoms with Gasteiger partial charge in [-0.25, -0.2) is 0 Å². The van der Waals surface area contributed by atoms with Gasteiger partial charge in [0.1, 0.15) is 7.85 Å². The van der Waals surface area contributed by atoms with E-state index in [2.05, 4.69) is 6.92 Å². The molecule has 94 valence electrons. The summed E-state index contributed by atoms with van der Waals surface area (Å²) in [6.45, 7) is 3.58. The molecule has 1 aliphatic heterocycles. The van der Waals surface area contributed by atoms with E-state index >= 15 is 0 Å². The lowest BCUT2D eigenvalue weighted by Gasteiger charge is -2.38. The number of benzene rings is 1. The molecule has 0 spiro atoms. The van der Waals surface area contributed by atoms with Crippen molar-refractivity contribution in [2.45, 2.75) is 25.4 Å². The lowest BCUT2D eigenvalue weighted by molar-refractivity contribution is -0.0379. The molecule has 2 radical (unpaired) electrons. The van der Waals surface area contributed by atoms with Gasteiger partial charge in [-0.05, 0) is 19.8 Å². The van der Waals surface area contributed by atoms with Crippen LogP contribution in [0.3, 0.4) is 0 Å². The molecule has 1 aliphatic rings. The molecule has 3 nitrogen and oxygen atoms in total. The number of hydrogen-bond acceptors (Lipinski definition) is 2. The molecule has 0 N–H and O–H groups in total. The number of nitrogens with zero attached hydrogens (tertiary/aromatic N) is 1. The maximum atomic E-state index is 12.3. The molecule has 0 aliphatic carbocycles. The van der Waals surface area contributed by atoms with Gasteiger partial charge in [0, 0.05) is 25.8 Å². The van der Waals surface area contributed by atoms with Crippen molar-refractivity contribution in [3.8, 4) is 0 Å². The van der Waals surface area contributed by atoms with Crippen molar-refractivity contribution in [2.75, 3.05) is 20.2 Å². The fourth-order valence-corrected chi connectivity index (χ4v) is 2.20.